The predicted octanol–water partition coefficient (Wildman–Crippen LogP) is 3.34. The Morgan fingerprint density at radius 1 is 1.29 bits per heavy atom. The van der Waals surface area contributed by atoms with Gasteiger partial charge in [-0.1, -0.05) is 37.9 Å². The summed E-state index contributed by atoms with van der Waals surface area (Å²) in [5.41, 5.74) is 1.27. The van der Waals surface area contributed by atoms with E-state index in [0.29, 0.717) is 0 Å². The first-order chi connectivity index (χ1) is 8.22. The Balaban J connectivity index is 2.27. The van der Waals surface area contributed by atoms with Gasteiger partial charge in [-0.2, -0.15) is 0 Å². The number of halogens is 2. The maximum Gasteiger partial charge on any atom is 0.0541 e. The number of benzene rings is 1. The second-order valence-corrected chi connectivity index (χ2v) is 5.90. The van der Waals surface area contributed by atoms with Gasteiger partial charge in [0.15, 0.2) is 0 Å². The highest BCUT2D eigenvalue weighted by Gasteiger charge is 2.21. The lowest BCUT2D eigenvalue weighted by Gasteiger charge is -2.34. The molecule has 1 aromatic rings. The van der Waals surface area contributed by atoms with Crippen molar-refractivity contribution < 1.29 is 0 Å². The summed E-state index contributed by atoms with van der Waals surface area (Å²) in [5.74, 6) is 0. The maximum atomic E-state index is 3.99. The number of nitrogens with zero attached hydrogens (tertiary/aromatic N) is 1. The highest BCUT2D eigenvalue weighted by Crippen LogP contribution is 2.31. The minimum Gasteiger partial charge on any atom is -0.314 e. The third-order valence-corrected chi connectivity index (χ3v) is 4.26. The van der Waals surface area contributed by atoms with E-state index in [2.05, 4.69) is 60.8 Å². The minimum absolute atomic E-state index is 0.281. The molecule has 0 amide bonds. The van der Waals surface area contributed by atoms with Crippen LogP contribution >= 0.6 is 31.9 Å². The average molecular weight is 360 g/mol. The van der Waals surface area contributed by atoms with Crippen LogP contribution in [0, 0.1) is 0 Å². The molecule has 92 valence electrons. The molecule has 1 saturated heterocycles. The molecule has 0 saturated carbocycles. The monoisotopic (exact) mass is 358 g/mol. The van der Waals surface area contributed by atoms with E-state index in [4.69, 9.17) is 0 Å². The predicted molar refractivity (Wildman–Crippen MR) is 79.2 cm³/mol. The van der Waals surface area contributed by atoms with Gasteiger partial charge >= 0.3 is 0 Å². The number of hydrogen-bond donors (Lipinski definition) is 1. The molecular formula is C13H16Br2N2. The second-order valence-electron chi connectivity index (χ2n) is 4.13. The lowest BCUT2D eigenvalue weighted by molar-refractivity contribution is 0.203. The van der Waals surface area contributed by atoms with Crippen LogP contribution in [0.25, 0.3) is 0 Å². The van der Waals surface area contributed by atoms with Crippen molar-refractivity contribution in [2.75, 3.05) is 26.2 Å². The van der Waals surface area contributed by atoms with E-state index in [1.54, 1.807) is 0 Å². The minimum atomic E-state index is 0.281. The molecule has 1 aromatic carbocycles. The van der Waals surface area contributed by atoms with Crippen LogP contribution in [0.1, 0.15) is 11.6 Å². The Labute approximate surface area is 119 Å². The zero-order chi connectivity index (χ0) is 12.3. The lowest BCUT2D eigenvalue weighted by Crippen LogP contribution is -2.44. The Morgan fingerprint density at radius 3 is 2.65 bits per heavy atom. The van der Waals surface area contributed by atoms with Crippen molar-refractivity contribution in [1.29, 1.82) is 0 Å². The third-order valence-electron chi connectivity index (χ3n) is 3.04. The molecule has 1 N–H and O–H groups in total. The van der Waals surface area contributed by atoms with E-state index < -0.39 is 0 Å². The molecule has 1 heterocycles. The van der Waals surface area contributed by atoms with Crippen molar-refractivity contribution >= 4 is 31.9 Å². The van der Waals surface area contributed by atoms with Gasteiger partial charge < -0.3 is 5.32 Å². The molecule has 0 spiro atoms. The van der Waals surface area contributed by atoms with Crippen molar-refractivity contribution in [3.05, 3.63) is 45.4 Å². The van der Waals surface area contributed by atoms with E-state index in [9.17, 15) is 0 Å². The fraction of sp³-hybridized carbons (Fsp3) is 0.385. The number of nitrogens with one attached hydrogen (secondary N) is 1. The molecule has 1 fully saturated rings. The van der Waals surface area contributed by atoms with Gasteiger partial charge in [-0.25, -0.2) is 0 Å². The van der Waals surface area contributed by atoms with Crippen molar-refractivity contribution in [2.45, 2.75) is 6.04 Å². The first kappa shape index (κ1) is 13.3. The van der Waals surface area contributed by atoms with Gasteiger partial charge in [0.1, 0.15) is 0 Å². The Bertz CT molecular complexity index is 400. The molecule has 1 atom stereocenters. The van der Waals surface area contributed by atoms with E-state index >= 15 is 0 Å². The highest BCUT2D eigenvalue weighted by molar-refractivity contribution is 9.11. The fourth-order valence-corrected chi connectivity index (χ4v) is 3.03. The first-order valence-electron chi connectivity index (χ1n) is 5.74. The summed E-state index contributed by atoms with van der Waals surface area (Å²) in [6.45, 7) is 8.22. The molecule has 0 aromatic heterocycles. The summed E-state index contributed by atoms with van der Waals surface area (Å²) in [6, 6.07) is 6.58. The molecule has 0 aliphatic carbocycles. The molecule has 2 nitrogen and oxygen atoms in total. The van der Waals surface area contributed by atoms with E-state index in [-0.39, 0.29) is 6.04 Å². The average Bonchev–Trinajstić information content (AvgIpc) is 2.36. The normalized spacial score (nSPS) is 18.9. The summed E-state index contributed by atoms with van der Waals surface area (Å²) in [7, 11) is 0. The fourth-order valence-electron chi connectivity index (χ4n) is 2.17. The quantitative estimate of drug-likeness (QED) is 0.832. The van der Waals surface area contributed by atoms with Crippen LogP contribution in [-0.2, 0) is 0 Å². The van der Waals surface area contributed by atoms with Gasteiger partial charge in [-0.05, 0) is 23.8 Å². The molecule has 0 bridgehead atoms. The van der Waals surface area contributed by atoms with Crippen LogP contribution in [-0.4, -0.2) is 31.1 Å². The van der Waals surface area contributed by atoms with Gasteiger partial charge in [0.2, 0.25) is 0 Å². The van der Waals surface area contributed by atoms with Crippen LogP contribution in [0.5, 0.6) is 0 Å². The molecule has 0 unspecified atom stereocenters. The van der Waals surface area contributed by atoms with Gasteiger partial charge in [0, 0.05) is 35.1 Å². The third kappa shape index (κ3) is 3.19. The summed E-state index contributed by atoms with van der Waals surface area (Å²) in [6.07, 6.45) is 2.03. The Morgan fingerprint density at radius 2 is 2.00 bits per heavy atom. The Kier molecular flexibility index (Phi) is 4.79. The molecule has 4 heteroatoms. The van der Waals surface area contributed by atoms with Gasteiger partial charge in [0.05, 0.1) is 6.04 Å². The van der Waals surface area contributed by atoms with Crippen molar-refractivity contribution in [3.63, 3.8) is 0 Å². The van der Waals surface area contributed by atoms with Gasteiger partial charge in [0.25, 0.3) is 0 Å². The molecule has 1 aliphatic heterocycles. The largest absolute Gasteiger partial charge is 0.314 e. The molecule has 0 radical (unpaired) electrons. The maximum absolute atomic E-state index is 3.99. The second kappa shape index (κ2) is 6.14. The standard InChI is InChI=1S/C13H16Br2N2/c1-2-13(17-7-5-16-6-8-17)11-9-10(14)3-4-12(11)15/h2-4,9,13,16H,1,5-8H2/t13-/m1/s1. The molecule has 2 rings (SSSR count). The van der Waals surface area contributed by atoms with Crippen LogP contribution in [0.3, 0.4) is 0 Å². The molecular weight excluding hydrogens is 344 g/mol. The Hall–Kier alpha value is -0.160. The topological polar surface area (TPSA) is 15.3 Å². The van der Waals surface area contributed by atoms with E-state index in [0.717, 1.165) is 35.1 Å². The summed E-state index contributed by atoms with van der Waals surface area (Å²) >= 11 is 7.16. The smallest absolute Gasteiger partial charge is 0.0541 e. The van der Waals surface area contributed by atoms with E-state index in [1.807, 2.05) is 12.1 Å². The highest BCUT2D eigenvalue weighted by atomic mass is 79.9. The summed E-state index contributed by atoms with van der Waals surface area (Å²) in [4.78, 5) is 2.45. The van der Waals surface area contributed by atoms with Crippen molar-refractivity contribution in [3.8, 4) is 0 Å². The van der Waals surface area contributed by atoms with Crippen LogP contribution in [0.2, 0.25) is 0 Å². The SMILES string of the molecule is C=C[C@H](c1cc(Br)ccc1Br)N1CCNCC1. The van der Waals surface area contributed by atoms with Gasteiger partial charge in [-0.15, -0.1) is 6.58 Å². The summed E-state index contributed by atoms with van der Waals surface area (Å²) in [5, 5.41) is 3.37. The van der Waals surface area contributed by atoms with Gasteiger partial charge in [-0.3, -0.25) is 4.90 Å². The van der Waals surface area contributed by atoms with Crippen molar-refractivity contribution in [1.82, 2.24) is 10.2 Å². The molecule has 1 aliphatic rings. The lowest BCUT2D eigenvalue weighted by atomic mass is 10.0. The number of rotatable bonds is 3. The van der Waals surface area contributed by atoms with E-state index in [1.165, 1.54) is 5.56 Å². The van der Waals surface area contributed by atoms with Crippen molar-refractivity contribution in [2.24, 2.45) is 0 Å². The number of hydrogen-bond acceptors (Lipinski definition) is 2. The van der Waals surface area contributed by atoms with Crippen LogP contribution in [0.15, 0.2) is 39.8 Å². The number of piperazine rings is 1. The zero-order valence-electron chi connectivity index (χ0n) is 9.63. The zero-order valence-corrected chi connectivity index (χ0v) is 12.8. The van der Waals surface area contributed by atoms with Crippen LogP contribution < -0.4 is 5.32 Å². The summed E-state index contributed by atoms with van der Waals surface area (Å²) < 4.78 is 2.25. The first-order valence-corrected chi connectivity index (χ1v) is 7.33. The van der Waals surface area contributed by atoms with Crippen LogP contribution in [0.4, 0.5) is 0 Å². The molecule has 17 heavy (non-hydrogen) atoms.